The zero-order valence-electron chi connectivity index (χ0n) is 12.0. The van der Waals surface area contributed by atoms with Crippen LogP contribution in [0.2, 0.25) is 0 Å². The summed E-state index contributed by atoms with van der Waals surface area (Å²) in [5, 5.41) is 11.0. The fourth-order valence-electron chi connectivity index (χ4n) is 2.82. The molecule has 0 amide bonds. The molecule has 3 N–H and O–H groups in total. The Balaban J connectivity index is 1.68. The van der Waals surface area contributed by atoms with Gasteiger partial charge in [0.1, 0.15) is 0 Å². The molecule has 1 aliphatic carbocycles. The van der Waals surface area contributed by atoms with E-state index in [2.05, 4.69) is 15.2 Å². The molecule has 1 saturated carbocycles. The Bertz CT molecular complexity index is 524. The van der Waals surface area contributed by atoms with Gasteiger partial charge in [0, 0.05) is 50.5 Å². The molecule has 2 aliphatic rings. The van der Waals surface area contributed by atoms with Gasteiger partial charge in [0.25, 0.3) is 5.69 Å². The summed E-state index contributed by atoms with van der Waals surface area (Å²) in [6, 6.07) is 4.94. The van der Waals surface area contributed by atoms with Crippen LogP contribution in [0, 0.1) is 16.0 Å². The lowest BCUT2D eigenvalue weighted by molar-refractivity contribution is -0.384. The van der Waals surface area contributed by atoms with E-state index in [4.69, 9.17) is 5.84 Å². The van der Waals surface area contributed by atoms with Crippen molar-refractivity contribution >= 4 is 17.1 Å². The monoisotopic (exact) mass is 291 g/mol. The SMILES string of the molecule is NNc1cc(N2CCN(CC3CC3)CC2)cc([N+](=O)[O-])c1. The standard InChI is InChI=1S/C14H21N5O2/c15-16-12-7-13(9-14(8-12)19(20)21)18-5-3-17(4-6-18)10-11-1-2-11/h7-9,11,16H,1-6,10,15H2. The highest BCUT2D eigenvalue weighted by molar-refractivity contribution is 5.64. The van der Waals surface area contributed by atoms with Gasteiger partial charge in [-0.1, -0.05) is 0 Å². The molecule has 3 rings (SSSR count). The van der Waals surface area contributed by atoms with Crippen LogP contribution in [0.15, 0.2) is 18.2 Å². The molecule has 7 heteroatoms. The largest absolute Gasteiger partial charge is 0.369 e. The maximum Gasteiger partial charge on any atom is 0.273 e. The quantitative estimate of drug-likeness (QED) is 0.484. The fourth-order valence-corrected chi connectivity index (χ4v) is 2.82. The summed E-state index contributed by atoms with van der Waals surface area (Å²) >= 11 is 0. The summed E-state index contributed by atoms with van der Waals surface area (Å²) in [5.74, 6) is 6.31. The first-order valence-electron chi connectivity index (χ1n) is 7.39. The molecule has 1 aromatic rings. The predicted octanol–water partition coefficient (Wildman–Crippen LogP) is 1.41. The number of rotatable bonds is 5. The lowest BCUT2D eigenvalue weighted by Gasteiger charge is -2.36. The molecule has 0 unspecified atom stereocenters. The van der Waals surface area contributed by atoms with Crippen molar-refractivity contribution in [2.45, 2.75) is 12.8 Å². The minimum absolute atomic E-state index is 0.0702. The van der Waals surface area contributed by atoms with Gasteiger partial charge in [0.2, 0.25) is 0 Å². The summed E-state index contributed by atoms with van der Waals surface area (Å²) < 4.78 is 0. The highest BCUT2D eigenvalue weighted by Gasteiger charge is 2.26. The lowest BCUT2D eigenvalue weighted by Crippen LogP contribution is -2.47. The highest BCUT2D eigenvalue weighted by Crippen LogP contribution is 2.31. The maximum atomic E-state index is 11.0. The Labute approximate surface area is 123 Å². The van der Waals surface area contributed by atoms with Crippen LogP contribution in [-0.4, -0.2) is 42.5 Å². The zero-order chi connectivity index (χ0) is 14.8. The number of nitro groups is 1. The summed E-state index contributed by atoms with van der Waals surface area (Å²) in [5.41, 5.74) is 4.01. The molecule has 1 heterocycles. The van der Waals surface area contributed by atoms with Crippen LogP contribution >= 0.6 is 0 Å². The Morgan fingerprint density at radius 2 is 1.95 bits per heavy atom. The van der Waals surface area contributed by atoms with E-state index in [0.717, 1.165) is 37.8 Å². The van der Waals surface area contributed by atoms with Crippen LogP contribution in [0.3, 0.4) is 0 Å². The molecular formula is C14H21N5O2. The number of anilines is 2. The molecule has 7 nitrogen and oxygen atoms in total. The van der Waals surface area contributed by atoms with Gasteiger partial charge >= 0.3 is 0 Å². The first kappa shape index (κ1) is 14.1. The van der Waals surface area contributed by atoms with Crippen LogP contribution in [0.5, 0.6) is 0 Å². The first-order valence-corrected chi connectivity index (χ1v) is 7.39. The number of hydrogen-bond acceptors (Lipinski definition) is 6. The summed E-state index contributed by atoms with van der Waals surface area (Å²) in [7, 11) is 0. The van der Waals surface area contributed by atoms with E-state index in [1.54, 1.807) is 6.07 Å². The number of non-ortho nitro benzene ring substituents is 1. The summed E-state index contributed by atoms with van der Waals surface area (Å²) in [6.07, 6.45) is 2.74. The number of nitrogens with one attached hydrogen (secondary N) is 1. The van der Waals surface area contributed by atoms with E-state index in [9.17, 15) is 10.1 Å². The molecule has 1 aliphatic heterocycles. The molecular weight excluding hydrogens is 270 g/mol. The van der Waals surface area contributed by atoms with Crippen LogP contribution < -0.4 is 16.2 Å². The average Bonchev–Trinajstić information content (AvgIpc) is 3.31. The highest BCUT2D eigenvalue weighted by atomic mass is 16.6. The first-order chi connectivity index (χ1) is 10.2. The molecule has 21 heavy (non-hydrogen) atoms. The van der Waals surface area contributed by atoms with E-state index in [0.29, 0.717) is 5.69 Å². The smallest absolute Gasteiger partial charge is 0.273 e. The van der Waals surface area contributed by atoms with Gasteiger partial charge in [-0.15, -0.1) is 0 Å². The molecule has 1 aromatic carbocycles. The van der Waals surface area contributed by atoms with E-state index in [-0.39, 0.29) is 10.6 Å². The Hall–Kier alpha value is -1.86. The molecule has 0 radical (unpaired) electrons. The van der Waals surface area contributed by atoms with E-state index in [1.807, 2.05) is 6.07 Å². The van der Waals surface area contributed by atoms with E-state index < -0.39 is 0 Å². The number of benzene rings is 1. The third kappa shape index (κ3) is 3.43. The Morgan fingerprint density at radius 3 is 2.52 bits per heavy atom. The summed E-state index contributed by atoms with van der Waals surface area (Å²) in [6.45, 7) is 5.04. The normalized spacial score (nSPS) is 19.6. The van der Waals surface area contributed by atoms with Crippen molar-refractivity contribution in [2.75, 3.05) is 43.0 Å². The molecule has 0 atom stereocenters. The zero-order valence-corrected chi connectivity index (χ0v) is 12.0. The Kier molecular flexibility index (Phi) is 3.94. The second-order valence-electron chi connectivity index (χ2n) is 5.87. The fraction of sp³-hybridized carbons (Fsp3) is 0.571. The van der Waals surface area contributed by atoms with Crippen molar-refractivity contribution in [1.82, 2.24) is 4.90 Å². The lowest BCUT2D eigenvalue weighted by atomic mass is 10.2. The van der Waals surface area contributed by atoms with E-state index >= 15 is 0 Å². The molecule has 2 fully saturated rings. The number of piperazine rings is 1. The van der Waals surface area contributed by atoms with E-state index in [1.165, 1.54) is 25.5 Å². The second-order valence-corrected chi connectivity index (χ2v) is 5.87. The number of hydrogen-bond donors (Lipinski definition) is 2. The topological polar surface area (TPSA) is 87.7 Å². The number of nitro benzene ring substituents is 1. The van der Waals surface area contributed by atoms with Crippen LogP contribution in [0.1, 0.15) is 12.8 Å². The van der Waals surface area contributed by atoms with Crippen molar-refractivity contribution in [3.05, 3.63) is 28.3 Å². The van der Waals surface area contributed by atoms with Crippen molar-refractivity contribution < 1.29 is 4.92 Å². The number of nitrogens with two attached hydrogens (primary N) is 1. The van der Waals surface area contributed by atoms with Gasteiger partial charge in [-0.05, 0) is 24.8 Å². The van der Waals surface area contributed by atoms with Crippen LogP contribution in [-0.2, 0) is 0 Å². The van der Waals surface area contributed by atoms with Gasteiger partial charge in [0.05, 0.1) is 10.6 Å². The predicted molar refractivity (Wildman–Crippen MR) is 82.3 cm³/mol. The average molecular weight is 291 g/mol. The van der Waals surface area contributed by atoms with Crippen molar-refractivity contribution in [3.8, 4) is 0 Å². The summed E-state index contributed by atoms with van der Waals surface area (Å²) in [4.78, 5) is 15.3. The van der Waals surface area contributed by atoms with Crippen molar-refractivity contribution in [3.63, 3.8) is 0 Å². The van der Waals surface area contributed by atoms with Gasteiger partial charge in [0.15, 0.2) is 0 Å². The van der Waals surface area contributed by atoms with Crippen molar-refractivity contribution in [2.24, 2.45) is 11.8 Å². The molecule has 114 valence electrons. The molecule has 0 aromatic heterocycles. The molecule has 0 bridgehead atoms. The van der Waals surface area contributed by atoms with Gasteiger partial charge in [-0.3, -0.25) is 20.9 Å². The van der Waals surface area contributed by atoms with Crippen LogP contribution in [0.4, 0.5) is 17.1 Å². The number of hydrazine groups is 1. The van der Waals surface area contributed by atoms with Crippen molar-refractivity contribution in [1.29, 1.82) is 0 Å². The number of nitrogens with zero attached hydrogens (tertiary/aromatic N) is 3. The molecule has 0 spiro atoms. The Morgan fingerprint density at radius 1 is 1.24 bits per heavy atom. The minimum Gasteiger partial charge on any atom is -0.369 e. The third-order valence-corrected chi connectivity index (χ3v) is 4.23. The third-order valence-electron chi connectivity index (χ3n) is 4.23. The van der Waals surface area contributed by atoms with Gasteiger partial charge in [-0.25, -0.2) is 0 Å². The van der Waals surface area contributed by atoms with Gasteiger partial charge < -0.3 is 10.3 Å². The number of nitrogen functional groups attached to an aromatic ring is 1. The van der Waals surface area contributed by atoms with Gasteiger partial charge in [-0.2, -0.15) is 0 Å². The minimum atomic E-state index is -0.381. The maximum absolute atomic E-state index is 11.0. The molecule has 1 saturated heterocycles. The van der Waals surface area contributed by atoms with Crippen LogP contribution in [0.25, 0.3) is 0 Å². The second kappa shape index (κ2) is 5.87.